The molecule has 0 amide bonds. The summed E-state index contributed by atoms with van der Waals surface area (Å²) in [6, 6.07) is 9.74. The summed E-state index contributed by atoms with van der Waals surface area (Å²) in [4.78, 5) is 4.03. The summed E-state index contributed by atoms with van der Waals surface area (Å²) in [6.07, 6.45) is 4.38. The van der Waals surface area contributed by atoms with E-state index >= 15 is 0 Å². The van der Waals surface area contributed by atoms with Gasteiger partial charge in [-0.05, 0) is 35.7 Å². The minimum Gasteiger partial charge on any atom is -0.351 e. The van der Waals surface area contributed by atoms with Crippen LogP contribution in [0.4, 0.5) is 14.5 Å². The van der Waals surface area contributed by atoms with Crippen LogP contribution in [0.1, 0.15) is 25.3 Å². The van der Waals surface area contributed by atoms with Crippen molar-refractivity contribution in [3.63, 3.8) is 0 Å². The Kier molecular flexibility index (Phi) is 6.49. The van der Waals surface area contributed by atoms with Gasteiger partial charge in [-0.1, -0.05) is 26.0 Å². The van der Waals surface area contributed by atoms with Gasteiger partial charge in [-0.3, -0.25) is 9.18 Å². The van der Waals surface area contributed by atoms with Crippen LogP contribution in [-0.2, 0) is 14.3 Å². The first kappa shape index (κ1) is 21.9. The first-order valence-corrected chi connectivity index (χ1v) is 10.6. The van der Waals surface area contributed by atoms with Gasteiger partial charge < -0.3 is 10.6 Å². The molecule has 1 heterocycles. The van der Waals surface area contributed by atoms with E-state index in [2.05, 4.69) is 20.9 Å². The zero-order valence-corrected chi connectivity index (χ0v) is 17.2. The minimum absolute atomic E-state index is 0.0291. The van der Waals surface area contributed by atoms with Crippen LogP contribution in [0.15, 0.2) is 64.8 Å². The van der Waals surface area contributed by atoms with E-state index in [1.165, 1.54) is 36.8 Å². The lowest BCUT2D eigenvalue weighted by Gasteiger charge is -2.34. The fourth-order valence-electron chi connectivity index (χ4n) is 2.72. The van der Waals surface area contributed by atoms with Crippen molar-refractivity contribution in [2.45, 2.75) is 30.4 Å². The predicted molar refractivity (Wildman–Crippen MR) is 110 cm³/mol. The molecule has 1 aliphatic heterocycles. The van der Waals surface area contributed by atoms with Crippen LogP contribution in [0.3, 0.4) is 0 Å². The fraction of sp³-hybridized carbons (Fsp3) is 0.250. The molecule has 0 bridgehead atoms. The van der Waals surface area contributed by atoms with E-state index in [1.54, 1.807) is 12.1 Å². The largest absolute Gasteiger partial charge is 0.351 e. The molecule has 1 aliphatic rings. The van der Waals surface area contributed by atoms with Crippen LogP contribution in [-0.4, -0.2) is 27.2 Å². The van der Waals surface area contributed by atoms with Gasteiger partial charge in [-0.15, -0.1) is 0 Å². The van der Waals surface area contributed by atoms with E-state index in [0.29, 0.717) is 0 Å². The second kappa shape index (κ2) is 8.90. The van der Waals surface area contributed by atoms with Gasteiger partial charge >= 0.3 is 0 Å². The van der Waals surface area contributed by atoms with Crippen LogP contribution in [0, 0.1) is 11.6 Å². The van der Waals surface area contributed by atoms with Crippen LogP contribution in [0.2, 0.25) is 0 Å². The van der Waals surface area contributed by atoms with Crippen LogP contribution in [0.5, 0.6) is 0 Å². The summed E-state index contributed by atoms with van der Waals surface area (Å²) in [6.45, 7) is 3.60. The Balaban J connectivity index is 1.69. The molecular formula is C20H22F2N4O3S. The first-order valence-electron chi connectivity index (χ1n) is 9.15. The molecule has 0 aliphatic carbocycles. The summed E-state index contributed by atoms with van der Waals surface area (Å²) < 4.78 is 56.7. The number of halogens is 2. The van der Waals surface area contributed by atoms with E-state index < -0.39 is 34.3 Å². The third kappa shape index (κ3) is 5.21. The van der Waals surface area contributed by atoms with Gasteiger partial charge in [0, 0.05) is 24.2 Å². The van der Waals surface area contributed by atoms with Crippen molar-refractivity contribution < 1.29 is 21.4 Å². The van der Waals surface area contributed by atoms with E-state index in [4.69, 9.17) is 4.18 Å². The van der Waals surface area contributed by atoms with Crippen molar-refractivity contribution in [3.8, 4) is 0 Å². The molecule has 10 heteroatoms. The number of aliphatic imine (C=N–C) groups is 1. The zero-order valence-electron chi connectivity index (χ0n) is 16.4. The normalized spacial score (nSPS) is 18.4. The lowest BCUT2D eigenvalue weighted by molar-refractivity contribution is 0.250. The molecule has 0 fully saturated rings. The van der Waals surface area contributed by atoms with Crippen LogP contribution < -0.4 is 16.0 Å². The first-order chi connectivity index (χ1) is 14.2. The van der Waals surface area contributed by atoms with Gasteiger partial charge in [0.05, 0.1) is 11.1 Å². The van der Waals surface area contributed by atoms with Crippen molar-refractivity contribution >= 4 is 22.0 Å². The van der Waals surface area contributed by atoms with Gasteiger partial charge in [0.1, 0.15) is 6.73 Å². The van der Waals surface area contributed by atoms with Gasteiger partial charge in [0.2, 0.25) is 5.79 Å². The van der Waals surface area contributed by atoms with Gasteiger partial charge in [0.25, 0.3) is 10.1 Å². The zero-order chi connectivity index (χ0) is 21.8. The molecule has 0 spiro atoms. The third-order valence-electron chi connectivity index (χ3n) is 4.40. The molecule has 1 unspecified atom stereocenters. The molecule has 0 radical (unpaired) electrons. The molecule has 30 heavy (non-hydrogen) atoms. The third-order valence-corrected chi connectivity index (χ3v) is 5.68. The molecule has 7 nitrogen and oxygen atoms in total. The molecule has 3 rings (SSSR count). The van der Waals surface area contributed by atoms with E-state index in [1.807, 2.05) is 13.8 Å². The maximum absolute atomic E-state index is 13.5. The van der Waals surface area contributed by atoms with Crippen molar-refractivity contribution in [2.24, 2.45) is 4.99 Å². The maximum Gasteiger partial charge on any atom is 0.298 e. The van der Waals surface area contributed by atoms with E-state index in [9.17, 15) is 17.2 Å². The number of anilines is 1. The fourth-order valence-corrected chi connectivity index (χ4v) is 3.54. The molecule has 0 saturated carbocycles. The average molecular weight is 436 g/mol. The Labute approximate surface area is 174 Å². The highest BCUT2D eigenvalue weighted by Gasteiger charge is 2.29. The van der Waals surface area contributed by atoms with E-state index in [0.717, 1.165) is 17.7 Å². The number of hydrogen-bond donors (Lipinski definition) is 3. The standard InChI is InChI=1S/C20H22F2N4O3S/c1-14(2)15-3-6-17(7-4-15)30(27,28)29-13-25-20(12-23-9-10-24-20)26-16-5-8-18(21)19(22)11-16/h3-12,14,24-26H,13H2,1-2H3. The van der Waals surface area contributed by atoms with Crippen molar-refractivity contribution in [3.05, 3.63) is 72.1 Å². The number of hydrogen-bond acceptors (Lipinski definition) is 7. The summed E-state index contributed by atoms with van der Waals surface area (Å²) in [5.41, 5.74) is 1.25. The number of benzene rings is 2. The molecule has 2 aromatic rings. The lowest BCUT2D eigenvalue weighted by atomic mass is 10.0. The number of nitrogens with zero attached hydrogens (tertiary/aromatic N) is 1. The Morgan fingerprint density at radius 1 is 1.13 bits per heavy atom. The maximum atomic E-state index is 13.5. The van der Waals surface area contributed by atoms with Gasteiger partial charge in [-0.2, -0.15) is 8.42 Å². The monoisotopic (exact) mass is 436 g/mol. The summed E-state index contributed by atoms with van der Waals surface area (Å²) in [7, 11) is -4.01. The van der Waals surface area contributed by atoms with Crippen LogP contribution in [0.25, 0.3) is 0 Å². The quantitative estimate of drug-likeness (QED) is 0.435. The molecule has 0 aromatic heterocycles. The van der Waals surface area contributed by atoms with Gasteiger partial charge in [-0.25, -0.2) is 14.1 Å². The topological polar surface area (TPSA) is 91.8 Å². The minimum atomic E-state index is -4.01. The molecule has 1 atom stereocenters. The Bertz CT molecular complexity index is 1060. The molecule has 2 aromatic carbocycles. The number of rotatable bonds is 8. The smallest absolute Gasteiger partial charge is 0.298 e. The second-order valence-electron chi connectivity index (χ2n) is 6.92. The van der Waals surface area contributed by atoms with Crippen molar-refractivity contribution in [1.29, 1.82) is 0 Å². The average Bonchev–Trinajstić information content (AvgIpc) is 2.71. The highest BCUT2D eigenvalue weighted by molar-refractivity contribution is 7.86. The Hall–Kier alpha value is -2.82. The van der Waals surface area contributed by atoms with Crippen LogP contribution >= 0.6 is 0 Å². The molecule has 3 N–H and O–H groups in total. The summed E-state index contributed by atoms with van der Waals surface area (Å²) in [5, 5.41) is 8.65. The lowest BCUT2D eigenvalue weighted by Crippen LogP contribution is -2.63. The Morgan fingerprint density at radius 2 is 1.87 bits per heavy atom. The second-order valence-corrected chi connectivity index (χ2v) is 8.53. The van der Waals surface area contributed by atoms with Gasteiger partial charge in [0.15, 0.2) is 11.6 Å². The highest BCUT2D eigenvalue weighted by atomic mass is 32.2. The summed E-state index contributed by atoms with van der Waals surface area (Å²) in [5.74, 6) is -3.01. The van der Waals surface area contributed by atoms with E-state index in [-0.39, 0.29) is 16.5 Å². The molecule has 160 valence electrons. The number of nitrogens with one attached hydrogen (secondary N) is 3. The Morgan fingerprint density at radius 3 is 2.47 bits per heavy atom. The summed E-state index contributed by atoms with van der Waals surface area (Å²) >= 11 is 0. The highest BCUT2D eigenvalue weighted by Crippen LogP contribution is 2.19. The predicted octanol–water partition coefficient (Wildman–Crippen LogP) is 3.25. The molecular weight excluding hydrogens is 414 g/mol. The van der Waals surface area contributed by atoms with Crippen molar-refractivity contribution in [2.75, 3.05) is 12.0 Å². The SMILES string of the molecule is CC(C)c1ccc(S(=O)(=O)OCNC2(Nc3ccc(F)c(F)c3)C=NC=CN2)cc1. The van der Waals surface area contributed by atoms with Crippen molar-refractivity contribution in [1.82, 2.24) is 10.6 Å². The molecule has 0 saturated heterocycles.